The van der Waals surface area contributed by atoms with Gasteiger partial charge < -0.3 is 14.4 Å². The van der Waals surface area contributed by atoms with Crippen molar-refractivity contribution in [2.45, 2.75) is 25.7 Å². The SMILES string of the molecule is COc1ccc(-c2cnn(C)c2)c2c1CC(NC(=O)N1CCC3(CCOCC3)C1)=N2. The molecule has 1 aromatic carbocycles. The number of amides is 2. The van der Waals surface area contributed by atoms with Crippen molar-refractivity contribution >= 4 is 17.6 Å². The average molecular weight is 409 g/mol. The number of fused-ring (bicyclic) bond motifs is 1. The van der Waals surface area contributed by atoms with Crippen LogP contribution in [0.4, 0.5) is 10.5 Å². The quantitative estimate of drug-likeness (QED) is 0.827. The summed E-state index contributed by atoms with van der Waals surface area (Å²) >= 11 is 0. The number of likely N-dealkylation sites (tertiary alicyclic amines) is 1. The van der Waals surface area contributed by atoms with Crippen LogP contribution in [0, 0.1) is 5.41 Å². The lowest BCUT2D eigenvalue weighted by molar-refractivity contribution is 0.0209. The molecule has 1 N–H and O–H groups in total. The van der Waals surface area contributed by atoms with E-state index in [0.29, 0.717) is 12.3 Å². The number of nitrogens with zero attached hydrogens (tertiary/aromatic N) is 4. The van der Waals surface area contributed by atoms with E-state index in [9.17, 15) is 4.79 Å². The van der Waals surface area contributed by atoms with Gasteiger partial charge in [0.15, 0.2) is 0 Å². The molecule has 0 saturated carbocycles. The number of carbonyl (C=O) groups is 1. The molecule has 8 nitrogen and oxygen atoms in total. The lowest BCUT2D eigenvalue weighted by Crippen LogP contribution is -2.43. The van der Waals surface area contributed by atoms with Crippen LogP contribution in [-0.2, 0) is 18.2 Å². The van der Waals surface area contributed by atoms with Crippen LogP contribution in [-0.4, -0.2) is 60.0 Å². The summed E-state index contributed by atoms with van der Waals surface area (Å²) in [5.41, 5.74) is 4.06. The molecule has 0 aliphatic carbocycles. The van der Waals surface area contributed by atoms with Crippen LogP contribution in [0.3, 0.4) is 0 Å². The number of benzene rings is 1. The minimum absolute atomic E-state index is 0.0631. The number of aliphatic imine (C=N–C) groups is 1. The summed E-state index contributed by atoms with van der Waals surface area (Å²) in [6, 6.07) is 3.89. The molecule has 1 aromatic heterocycles. The second-order valence-corrected chi connectivity index (χ2v) is 8.49. The Labute approximate surface area is 175 Å². The smallest absolute Gasteiger partial charge is 0.322 e. The van der Waals surface area contributed by atoms with Crippen LogP contribution >= 0.6 is 0 Å². The molecule has 158 valence electrons. The van der Waals surface area contributed by atoms with Crippen LogP contribution in [0.2, 0.25) is 0 Å². The van der Waals surface area contributed by atoms with Gasteiger partial charge in [-0.15, -0.1) is 0 Å². The fourth-order valence-corrected chi connectivity index (χ4v) is 4.84. The van der Waals surface area contributed by atoms with E-state index in [2.05, 4.69) is 10.4 Å². The van der Waals surface area contributed by atoms with E-state index in [1.54, 1.807) is 11.8 Å². The van der Waals surface area contributed by atoms with Crippen LogP contribution < -0.4 is 10.1 Å². The summed E-state index contributed by atoms with van der Waals surface area (Å²) in [4.78, 5) is 19.7. The summed E-state index contributed by atoms with van der Waals surface area (Å²) in [6.45, 7) is 3.19. The molecule has 2 amide bonds. The van der Waals surface area contributed by atoms with Crippen molar-refractivity contribution in [3.63, 3.8) is 0 Å². The van der Waals surface area contributed by atoms with Gasteiger partial charge in [-0.1, -0.05) is 0 Å². The first-order valence-electron chi connectivity index (χ1n) is 10.5. The number of rotatable bonds is 2. The Bertz CT molecular complexity index is 1010. The highest BCUT2D eigenvalue weighted by Crippen LogP contribution is 2.42. The third-order valence-corrected chi connectivity index (χ3v) is 6.60. The molecule has 1 spiro atoms. The number of aromatic nitrogens is 2. The van der Waals surface area contributed by atoms with Gasteiger partial charge in [-0.2, -0.15) is 5.10 Å². The standard InChI is InChI=1S/C22H27N5O3/c1-26-13-15(12-23-26)16-3-4-18(29-2)17-11-19(24-20(16)17)25-21(28)27-8-5-22(14-27)6-9-30-10-7-22/h3-4,12-13H,5-11,14H2,1-2H3,(H,24,25,28). The Morgan fingerprint density at radius 2 is 2.10 bits per heavy atom. The second kappa shape index (κ2) is 7.43. The van der Waals surface area contributed by atoms with Crippen molar-refractivity contribution in [1.82, 2.24) is 20.0 Å². The fraction of sp³-hybridized carbons (Fsp3) is 0.500. The van der Waals surface area contributed by atoms with Gasteiger partial charge in [-0.25, -0.2) is 9.79 Å². The van der Waals surface area contributed by atoms with E-state index in [1.165, 1.54) is 0 Å². The van der Waals surface area contributed by atoms with Gasteiger partial charge in [0.05, 0.1) is 19.0 Å². The molecule has 4 heterocycles. The van der Waals surface area contributed by atoms with Crippen LogP contribution in [0.5, 0.6) is 5.75 Å². The molecule has 3 aliphatic rings. The van der Waals surface area contributed by atoms with E-state index in [-0.39, 0.29) is 11.4 Å². The number of nitrogens with one attached hydrogen (secondary N) is 1. The van der Waals surface area contributed by atoms with E-state index in [0.717, 1.165) is 73.7 Å². The molecular formula is C22H27N5O3. The largest absolute Gasteiger partial charge is 0.496 e. The van der Waals surface area contributed by atoms with Gasteiger partial charge in [-0.05, 0) is 36.8 Å². The molecule has 2 aromatic rings. The van der Waals surface area contributed by atoms with E-state index in [4.69, 9.17) is 14.5 Å². The Morgan fingerprint density at radius 1 is 1.27 bits per heavy atom. The molecule has 0 bridgehead atoms. The number of hydrogen-bond donors (Lipinski definition) is 1. The third kappa shape index (κ3) is 3.35. The minimum Gasteiger partial charge on any atom is -0.496 e. The summed E-state index contributed by atoms with van der Waals surface area (Å²) in [7, 11) is 3.55. The zero-order valence-electron chi connectivity index (χ0n) is 17.5. The molecule has 0 radical (unpaired) electrons. The predicted molar refractivity (Wildman–Crippen MR) is 113 cm³/mol. The maximum Gasteiger partial charge on any atom is 0.322 e. The van der Waals surface area contributed by atoms with E-state index >= 15 is 0 Å². The van der Waals surface area contributed by atoms with Gasteiger partial charge in [0.25, 0.3) is 0 Å². The highest BCUT2D eigenvalue weighted by atomic mass is 16.5. The van der Waals surface area contributed by atoms with Gasteiger partial charge in [-0.3, -0.25) is 10.00 Å². The Hall–Kier alpha value is -2.87. The number of hydrogen-bond acceptors (Lipinski definition) is 5. The van der Waals surface area contributed by atoms with Crippen molar-refractivity contribution in [3.05, 3.63) is 30.1 Å². The lowest BCUT2D eigenvalue weighted by Gasteiger charge is -2.33. The van der Waals surface area contributed by atoms with Crippen molar-refractivity contribution < 1.29 is 14.3 Å². The van der Waals surface area contributed by atoms with E-state index < -0.39 is 0 Å². The summed E-state index contributed by atoms with van der Waals surface area (Å²) in [5.74, 6) is 1.45. The monoisotopic (exact) mass is 409 g/mol. The first kappa shape index (κ1) is 19.1. The number of methoxy groups -OCH3 is 1. The molecule has 8 heteroatoms. The lowest BCUT2D eigenvalue weighted by atomic mass is 9.80. The van der Waals surface area contributed by atoms with Gasteiger partial charge in [0.1, 0.15) is 11.6 Å². The molecule has 2 fully saturated rings. The number of urea groups is 1. The van der Waals surface area contributed by atoms with Gasteiger partial charge >= 0.3 is 6.03 Å². The van der Waals surface area contributed by atoms with Crippen LogP contribution in [0.1, 0.15) is 24.8 Å². The summed E-state index contributed by atoms with van der Waals surface area (Å²) in [5, 5.41) is 7.33. The number of ether oxygens (including phenoxy) is 2. The van der Waals surface area contributed by atoms with Crippen LogP contribution in [0.15, 0.2) is 29.5 Å². The number of amidine groups is 1. The van der Waals surface area contributed by atoms with Crippen molar-refractivity contribution in [1.29, 1.82) is 0 Å². The van der Waals surface area contributed by atoms with Crippen molar-refractivity contribution in [2.24, 2.45) is 17.5 Å². The molecule has 2 saturated heterocycles. The summed E-state index contributed by atoms with van der Waals surface area (Å²) < 4.78 is 12.8. The number of carbonyl (C=O) groups excluding carboxylic acids is 1. The predicted octanol–water partition coefficient (Wildman–Crippen LogP) is 2.89. The van der Waals surface area contributed by atoms with Crippen molar-refractivity contribution in [2.75, 3.05) is 33.4 Å². The van der Waals surface area contributed by atoms with Crippen LogP contribution in [0.25, 0.3) is 11.1 Å². The zero-order chi connectivity index (χ0) is 20.7. The molecular weight excluding hydrogens is 382 g/mol. The maximum absolute atomic E-state index is 12.9. The Kier molecular flexibility index (Phi) is 4.73. The average Bonchev–Trinajstić information content (AvgIpc) is 3.47. The first-order chi connectivity index (χ1) is 14.6. The second-order valence-electron chi connectivity index (χ2n) is 8.49. The molecule has 3 aliphatic heterocycles. The molecule has 30 heavy (non-hydrogen) atoms. The molecule has 5 rings (SSSR count). The number of aryl methyl sites for hydroxylation is 1. The normalized spacial score (nSPS) is 19.7. The zero-order valence-corrected chi connectivity index (χ0v) is 17.5. The minimum atomic E-state index is -0.0631. The summed E-state index contributed by atoms with van der Waals surface area (Å²) in [6.07, 6.45) is 7.46. The van der Waals surface area contributed by atoms with E-state index in [1.807, 2.05) is 36.5 Å². The molecule has 0 atom stereocenters. The highest BCUT2D eigenvalue weighted by Gasteiger charge is 2.41. The topological polar surface area (TPSA) is 81.0 Å². The highest BCUT2D eigenvalue weighted by molar-refractivity contribution is 6.04. The fourth-order valence-electron chi connectivity index (χ4n) is 4.84. The van der Waals surface area contributed by atoms with Crippen molar-refractivity contribution in [3.8, 4) is 16.9 Å². The third-order valence-electron chi connectivity index (χ3n) is 6.60. The van der Waals surface area contributed by atoms with Gasteiger partial charge in [0, 0.05) is 62.7 Å². The maximum atomic E-state index is 12.9. The van der Waals surface area contributed by atoms with Gasteiger partial charge in [0.2, 0.25) is 0 Å². The first-order valence-corrected chi connectivity index (χ1v) is 10.5. The molecule has 0 unspecified atom stereocenters. The Morgan fingerprint density at radius 3 is 2.83 bits per heavy atom. The Balaban J connectivity index is 1.35.